The first-order chi connectivity index (χ1) is 24.3. The van der Waals surface area contributed by atoms with Crippen LogP contribution in [0.25, 0.3) is 32.9 Å². The number of ether oxygens (including phenoxy) is 2. The van der Waals surface area contributed by atoms with Gasteiger partial charge in [-0.2, -0.15) is 9.97 Å². The number of pyridine rings is 1. The van der Waals surface area contributed by atoms with Gasteiger partial charge in [-0.15, -0.1) is 0 Å². The number of sulfonamides is 1. The summed E-state index contributed by atoms with van der Waals surface area (Å²) in [7, 11) is -3.60. The quantitative estimate of drug-likeness (QED) is 0.245. The second-order valence-corrected chi connectivity index (χ2v) is 17.3. The summed E-state index contributed by atoms with van der Waals surface area (Å²) in [5.74, 6) is -0.141. The molecule has 4 saturated heterocycles. The maximum Gasteiger partial charge on any atom is 0.410 e. The maximum atomic E-state index is 17.1. The number of nitrogens with one attached hydrogen (secondary N) is 1. The first-order valence-electron chi connectivity index (χ1n) is 17.8. The average Bonchev–Trinajstić information content (AvgIpc) is 3.72. The molecule has 0 unspecified atom stereocenters. The Morgan fingerprint density at radius 3 is 2.43 bits per heavy atom. The molecule has 2 aromatic carbocycles. The number of halogens is 1. The Bertz CT molecular complexity index is 2120. The van der Waals surface area contributed by atoms with Crippen LogP contribution in [0.5, 0.6) is 6.01 Å². The zero-order valence-electron chi connectivity index (χ0n) is 29.5. The van der Waals surface area contributed by atoms with Gasteiger partial charge >= 0.3 is 12.1 Å². The molecular formula is C37H44FN7O5S. The summed E-state index contributed by atoms with van der Waals surface area (Å²) < 4.78 is 56.2. The number of carbonyl (C=O) groups excluding carboxylic acids is 1. The van der Waals surface area contributed by atoms with Crippen molar-refractivity contribution in [3.8, 4) is 17.3 Å². The minimum absolute atomic E-state index is 0.0395. The van der Waals surface area contributed by atoms with Crippen molar-refractivity contribution in [1.82, 2.24) is 24.8 Å². The van der Waals surface area contributed by atoms with Gasteiger partial charge in [-0.25, -0.2) is 17.6 Å². The van der Waals surface area contributed by atoms with E-state index in [0.717, 1.165) is 63.3 Å². The standard InChI is InChI=1S/C37H44FN7O5S/c1-36(2,3)50-35(46)45-25-11-12-26(45)21-43(20-25)33-29-19-39-31(28-18-24(42-51(4,47)48)17-23-9-5-6-10-27(23)28)30(38)32(29)40-34(41-33)49-22-37-13-7-15-44(37)16-8-14-37/h5-6,9-10,17-19,25-26,42H,7-8,11-16,20-22H2,1-4H3/t25-,26+. The van der Waals surface area contributed by atoms with Crippen LogP contribution in [-0.2, 0) is 14.8 Å². The first kappa shape index (κ1) is 33.8. The molecule has 0 aliphatic carbocycles. The lowest BCUT2D eigenvalue weighted by atomic mass is 9.95. The van der Waals surface area contributed by atoms with Gasteiger partial charge in [0.05, 0.1) is 29.3 Å². The Morgan fingerprint density at radius 2 is 1.75 bits per heavy atom. The zero-order valence-corrected chi connectivity index (χ0v) is 30.3. The lowest BCUT2D eigenvalue weighted by Gasteiger charge is -2.42. The van der Waals surface area contributed by atoms with Crippen LogP contribution < -0.4 is 14.4 Å². The highest BCUT2D eigenvalue weighted by molar-refractivity contribution is 7.92. The van der Waals surface area contributed by atoms with Gasteiger partial charge in [0, 0.05) is 30.5 Å². The van der Waals surface area contributed by atoms with Crippen LogP contribution in [0.3, 0.4) is 0 Å². The number of hydrogen-bond donors (Lipinski definition) is 1. The van der Waals surface area contributed by atoms with Crippen LogP contribution in [0.15, 0.2) is 42.6 Å². The van der Waals surface area contributed by atoms with Crippen molar-refractivity contribution in [3.05, 3.63) is 48.4 Å². The van der Waals surface area contributed by atoms with Crippen molar-refractivity contribution in [2.45, 2.75) is 82.5 Å². The molecule has 12 nitrogen and oxygen atoms in total. The number of carbonyl (C=O) groups is 1. The van der Waals surface area contributed by atoms with Gasteiger partial charge in [-0.3, -0.25) is 19.5 Å². The molecule has 1 amide bonds. The SMILES string of the molecule is CC(C)(C)OC(=O)N1[C@@H]2CC[C@H]1CN(c1nc(OCC34CCCN3CCC4)nc3c(F)c(-c4cc(NS(C)(=O)=O)cc5ccccc45)ncc13)C2. The van der Waals surface area contributed by atoms with E-state index in [1.807, 2.05) is 49.9 Å². The van der Waals surface area contributed by atoms with Gasteiger partial charge in [-0.05, 0) is 95.3 Å². The van der Waals surface area contributed by atoms with Crippen LogP contribution in [0.2, 0.25) is 0 Å². The van der Waals surface area contributed by atoms with Gasteiger partial charge in [0.2, 0.25) is 10.0 Å². The number of nitrogens with zero attached hydrogens (tertiary/aromatic N) is 6. The van der Waals surface area contributed by atoms with Crippen LogP contribution in [0, 0.1) is 5.82 Å². The van der Waals surface area contributed by atoms with E-state index in [1.165, 1.54) is 0 Å². The summed E-state index contributed by atoms with van der Waals surface area (Å²) in [6.45, 7) is 9.09. The molecule has 2 aromatic heterocycles. The number of amides is 1. The van der Waals surface area contributed by atoms with Gasteiger partial charge in [0.25, 0.3) is 0 Å². The Hall–Kier alpha value is -4.30. The van der Waals surface area contributed by atoms with Crippen molar-refractivity contribution in [2.75, 3.05) is 48.7 Å². The molecule has 4 aromatic rings. The predicted octanol–water partition coefficient (Wildman–Crippen LogP) is 5.95. The minimum Gasteiger partial charge on any atom is -0.461 e. The Balaban J connectivity index is 1.22. The molecule has 2 atom stereocenters. The smallest absolute Gasteiger partial charge is 0.410 e. The molecule has 1 N–H and O–H groups in total. The third-order valence-corrected chi connectivity index (χ3v) is 11.3. The number of piperazine rings is 1. The molecule has 51 heavy (non-hydrogen) atoms. The molecule has 0 radical (unpaired) electrons. The first-order valence-corrected chi connectivity index (χ1v) is 19.7. The van der Waals surface area contributed by atoms with Crippen molar-refractivity contribution in [3.63, 3.8) is 0 Å². The summed E-state index contributed by atoms with van der Waals surface area (Å²) >= 11 is 0. The van der Waals surface area contributed by atoms with Crippen LogP contribution in [0.4, 0.5) is 20.7 Å². The van der Waals surface area contributed by atoms with Crippen LogP contribution >= 0.6 is 0 Å². The van der Waals surface area contributed by atoms with Crippen molar-refractivity contribution < 1.29 is 27.1 Å². The van der Waals surface area contributed by atoms with E-state index in [4.69, 9.17) is 19.4 Å². The van der Waals surface area contributed by atoms with Crippen molar-refractivity contribution in [2.24, 2.45) is 0 Å². The summed E-state index contributed by atoms with van der Waals surface area (Å²) in [5, 5.41) is 1.87. The zero-order chi connectivity index (χ0) is 35.7. The van der Waals surface area contributed by atoms with E-state index in [1.54, 1.807) is 18.3 Å². The lowest BCUT2D eigenvalue weighted by molar-refractivity contribution is 0.0122. The Kier molecular flexibility index (Phi) is 8.25. The van der Waals surface area contributed by atoms with Gasteiger partial charge in [0.1, 0.15) is 29.2 Å². The molecule has 0 spiro atoms. The third kappa shape index (κ3) is 6.41. The molecule has 4 aliphatic rings. The summed E-state index contributed by atoms with van der Waals surface area (Å²) in [4.78, 5) is 34.0. The topological polar surface area (TPSA) is 130 Å². The van der Waals surface area contributed by atoms with E-state index < -0.39 is 21.4 Å². The van der Waals surface area contributed by atoms with Gasteiger partial charge in [-0.1, -0.05) is 24.3 Å². The summed E-state index contributed by atoms with van der Waals surface area (Å²) in [5.41, 5.74) is 0.164. The molecule has 270 valence electrons. The van der Waals surface area contributed by atoms with E-state index in [-0.39, 0.29) is 40.9 Å². The number of anilines is 2. The molecule has 4 aliphatic heterocycles. The van der Waals surface area contributed by atoms with E-state index in [9.17, 15) is 13.2 Å². The third-order valence-electron chi connectivity index (χ3n) is 10.7. The van der Waals surface area contributed by atoms with Gasteiger partial charge in [0.15, 0.2) is 5.82 Å². The number of rotatable bonds is 7. The maximum absolute atomic E-state index is 17.1. The molecule has 6 heterocycles. The Morgan fingerprint density at radius 1 is 1.04 bits per heavy atom. The van der Waals surface area contributed by atoms with Crippen LogP contribution in [0.1, 0.15) is 59.3 Å². The second-order valence-electron chi connectivity index (χ2n) is 15.5. The highest BCUT2D eigenvalue weighted by atomic mass is 32.2. The lowest BCUT2D eigenvalue weighted by Crippen LogP contribution is -2.57. The fourth-order valence-corrected chi connectivity index (χ4v) is 9.19. The van der Waals surface area contributed by atoms with Crippen LogP contribution in [-0.4, -0.2) is 102 Å². The highest BCUT2D eigenvalue weighted by Gasteiger charge is 2.46. The molecule has 8 rings (SSSR count). The molecule has 14 heteroatoms. The molecule has 4 fully saturated rings. The summed E-state index contributed by atoms with van der Waals surface area (Å²) in [6, 6.07) is 10.6. The normalized spacial score (nSPS) is 21.7. The highest BCUT2D eigenvalue weighted by Crippen LogP contribution is 2.41. The van der Waals surface area contributed by atoms with Crippen molar-refractivity contribution >= 4 is 49.3 Å². The second kappa shape index (κ2) is 12.4. The van der Waals surface area contributed by atoms with E-state index >= 15 is 4.39 Å². The average molecular weight is 718 g/mol. The largest absolute Gasteiger partial charge is 0.461 e. The monoisotopic (exact) mass is 717 g/mol. The summed E-state index contributed by atoms with van der Waals surface area (Å²) in [6.07, 6.45) is 8.31. The molecule has 0 saturated carbocycles. The fourth-order valence-electron chi connectivity index (χ4n) is 8.64. The van der Waals surface area contributed by atoms with Crippen molar-refractivity contribution in [1.29, 1.82) is 0 Å². The fraction of sp³-hybridized carbons (Fsp3) is 0.514. The van der Waals surface area contributed by atoms with E-state index in [0.29, 0.717) is 47.5 Å². The number of benzene rings is 2. The minimum atomic E-state index is -3.60. The number of hydrogen-bond acceptors (Lipinski definition) is 10. The van der Waals surface area contributed by atoms with Gasteiger partial charge < -0.3 is 14.4 Å². The molecule has 2 bridgehead atoms. The Labute approximate surface area is 297 Å². The molecular weight excluding hydrogens is 674 g/mol. The predicted molar refractivity (Wildman–Crippen MR) is 194 cm³/mol. The number of fused-ring (bicyclic) bond motifs is 5. The van der Waals surface area contributed by atoms with E-state index in [2.05, 4.69) is 19.5 Å². The number of aromatic nitrogens is 3.